The van der Waals surface area contributed by atoms with E-state index in [9.17, 15) is 0 Å². The van der Waals surface area contributed by atoms with Crippen molar-refractivity contribution in [1.29, 1.82) is 10.8 Å². The molecule has 0 spiro atoms. The molecular formula is C12H24N6. The Labute approximate surface area is 108 Å². The van der Waals surface area contributed by atoms with Crippen molar-refractivity contribution >= 4 is 11.9 Å². The smallest absolute Gasteiger partial charge is 0.210 e. The number of hydrogen-bond donors (Lipinski definition) is 5. The summed E-state index contributed by atoms with van der Waals surface area (Å²) >= 11 is 0. The van der Waals surface area contributed by atoms with Gasteiger partial charge in [0.25, 0.3) is 0 Å². The first kappa shape index (κ1) is 13.1. The molecule has 1 saturated carbocycles. The molecule has 1 aliphatic heterocycles. The molecule has 1 heterocycles. The number of guanidine groups is 2. The van der Waals surface area contributed by atoms with Gasteiger partial charge < -0.3 is 5.32 Å². The first-order valence-corrected chi connectivity index (χ1v) is 6.96. The van der Waals surface area contributed by atoms with Crippen LogP contribution in [-0.4, -0.2) is 36.1 Å². The molecule has 0 bridgehead atoms. The van der Waals surface area contributed by atoms with E-state index in [0.29, 0.717) is 6.04 Å². The predicted molar refractivity (Wildman–Crippen MR) is 72.5 cm³/mol. The molecule has 0 radical (unpaired) electrons. The van der Waals surface area contributed by atoms with E-state index in [4.69, 9.17) is 10.8 Å². The zero-order valence-corrected chi connectivity index (χ0v) is 10.9. The van der Waals surface area contributed by atoms with Crippen molar-refractivity contribution in [2.75, 3.05) is 13.1 Å². The van der Waals surface area contributed by atoms with Gasteiger partial charge in [0, 0.05) is 19.1 Å². The molecule has 2 aliphatic rings. The molecule has 0 aromatic heterocycles. The van der Waals surface area contributed by atoms with Crippen LogP contribution in [0.5, 0.6) is 0 Å². The lowest BCUT2D eigenvalue weighted by atomic mass is 10.2. The lowest BCUT2D eigenvalue weighted by Crippen LogP contribution is -2.54. The van der Waals surface area contributed by atoms with E-state index in [0.717, 1.165) is 25.9 Å². The highest BCUT2D eigenvalue weighted by Gasteiger charge is 2.16. The summed E-state index contributed by atoms with van der Waals surface area (Å²) in [6, 6.07) is 0.410. The lowest BCUT2D eigenvalue weighted by molar-refractivity contribution is 0.192. The van der Waals surface area contributed by atoms with Crippen molar-refractivity contribution < 1.29 is 0 Å². The third-order valence-electron chi connectivity index (χ3n) is 3.58. The summed E-state index contributed by atoms with van der Waals surface area (Å²) in [5, 5.41) is 23.5. The number of rotatable bonds is 2. The van der Waals surface area contributed by atoms with Gasteiger partial charge in [-0.1, -0.05) is 19.3 Å². The molecule has 1 saturated heterocycles. The number of piperidine rings is 1. The summed E-state index contributed by atoms with van der Waals surface area (Å²) in [6.45, 7) is 1.96. The van der Waals surface area contributed by atoms with Crippen LogP contribution in [0.4, 0.5) is 0 Å². The molecule has 18 heavy (non-hydrogen) atoms. The van der Waals surface area contributed by atoms with Gasteiger partial charge in [-0.2, -0.15) is 0 Å². The highest BCUT2D eigenvalue weighted by Crippen LogP contribution is 2.17. The fourth-order valence-electron chi connectivity index (χ4n) is 2.63. The SMILES string of the molecule is N=C(NC(=N)NN1CCCCC1)NC1CCCC1. The summed E-state index contributed by atoms with van der Waals surface area (Å²) in [5.41, 5.74) is 3.00. The Morgan fingerprint density at radius 2 is 1.56 bits per heavy atom. The minimum atomic E-state index is 0.187. The Morgan fingerprint density at radius 3 is 2.22 bits per heavy atom. The van der Waals surface area contributed by atoms with Gasteiger partial charge in [-0.3, -0.25) is 21.6 Å². The van der Waals surface area contributed by atoms with Gasteiger partial charge in [-0.15, -0.1) is 0 Å². The van der Waals surface area contributed by atoms with E-state index in [-0.39, 0.29) is 11.9 Å². The molecule has 6 nitrogen and oxygen atoms in total. The van der Waals surface area contributed by atoms with Gasteiger partial charge in [0.05, 0.1) is 0 Å². The van der Waals surface area contributed by atoms with Gasteiger partial charge in [0.15, 0.2) is 5.96 Å². The van der Waals surface area contributed by atoms with Gasteiger partial charge >= 0.3 is 0 Å². The highest BCUT2D eigenvalue weighted by molar-refractivity contribution is 5.95. The quantitative estimate of drug-likeness (QED) is 0.374. The Balaban J connectivity index is 1.64. The summed E-state index contributed by atoms with van der Waals surface area (Å²) in [6.07, 6.45) is 8.39. The van der Waals surface area contributed by atoms with Crippen LogP contribution in [0.25, 0.3) is 0 Å². The van der Waals surface area contributed by atoms with Crippen LogP contribution in [0.15, 0.2) is 0 Å². The van der Waals surface area contributed by atoms with Crippen molar-refractivity contribution in [2.45, 2.75) is 51.0 Å². The van der Waals surface area contributed by atoms with Gasteiger partial charge in [0.1, 0.15) is 0 Å². The zero-order chi connectivity index (χ0) is 12.8. The third kappa shape index (κ3) is 4.18. The molecule has 102 valence electrons. The summed E-state index contributed by atoms with van der Waals surface area (Å²) in [5.74, 6) is 0.420. The van der Waals surface area contributed by atoms with Crippen molar-refractivity contribution in [2.24, 2.45) is 0 Å². The van der Waals surface area contributed by atoms with Crippen molar-refractivity contribution in [3.63, 3.8) is 0 Å². The first-order chi connectivity index (χ1) is 8.74. The number of nitrogens with zero attached hydrogens (tertiary/aromatic N) is 1. The molecule has 0 aromatic rings. The Bertz CT molecular complexity index is 291. The molecule has 0 atom stereocenters. The fourth-order valence-corrected chi connectivity index (χ4v) is 2.63. The summed E-state index contributed by atoms with van der Waals surface area (Å²) in [7, 11) is 0. The average Bonchev–Trinajstić information content (AvgIpc) is 2.82. The third-order valence-corrected chi connectivity index (χ3v) is 3.58. The van der Waals surface area contributed by atoms with E-state index in [2.05, 4.69) is 16.1 Å². The minimum absolute atomic E-state index is 0.187. The van der Waals surface area contributed by atoms with Crippen molar-refractivity contribution in [3.05, 3.63) is 0 Å². The maximum absolute atomic E-state index is 7.78. The number of hydrogen-bond acceptors (Lipinski definition) is 3. The Kier molecular flexibility index (Phi) is 4.81. The molecule has 5 N–H and O–H groups in total. The first-order valence-electron chi connectivity index (χ1n) is 6.96. The van der Waals surface area contributed by atoms with E-state index in [1.807, 2.05) is 5.01 Å². The largest absolute Gasteiger partial charge is 0.353 e. The second-order valence-electron chi connectivity index (χ2n) is 5.16. The maximum atomic E-state index is 7.78. The van der Waals surface area contributed by atoms with E-state index >= 15 is 0 Å². The highest BCUT2D eigenvalue weighted by atomic mass is 15.5. The minimum Gasteiger partial charge on any atom is -0.353 e. The number of nitrogens with one attached hydrogen (secondary N) is 5. The fraction of sp³-hybridized carbons (Fsp3) is 0.833. The maximum Gasteiger partial charge on any atom is 0.210 e. The average molecular weight is 252 g/mol. The molecular weight excluding hydrogens is 228 g/mol. The predicted octanol–water partition coefficient (Wildman–Crippen LogP) is 0.968. The molecule has 2 rings (SSSR count). The van der Waals surface area contributed by atoms with Crippen molar-refractivity contribution in [3.8, 4) is 0 Å². The zero-order valence-electron chi connectivity index (χ0n) is 10.9. The van der Waals surface area contributed by atoms with Crippen molar-refractivity contribution in [1.82, 2.24) is 21.1 Å². The molecule has 1 aliphatic carbocycles. The van der Waals surface area contributed by atoms with E-state index in [1.165, 1.54) is 32.1 Å². The summed E-state index contributed by atoms with van der Waals surface area (Å²) < 4.78 is 0. The second kappa shape index (κ2) is 6.58. The van der Waals surface area contributed by atoms with Crippen LogP contribution in [0.1, 0.15) is 44.9 Å². The Morgan fingerprint density at radius 1 is 0.889 bits per heavy atom. The normalized spacial score (nSPS) is 21.6. The topological polar surface area (TPSA) is 87.0 Å². The Hall–Kier alpha value is -1.30. The van der Waals surface area contributed by atoms with Gasteiger partial charge in [0.2, 0.25) is 5.96 Å². The molecule has 0 unspecified atom stereocenters. The van der Waals surface area contributed by atoms with Crippen LogP contribution < -0.4 is 16.1 Å². The van der Waals surface area contributed by atoms with Crippen LogP contribution in [0, 0.1) is 10.8 Å². The number of hydrazine groups is 1. The van der Waals surface area contributed by atoms with Crippen LogP contribution in [0.2, 0.25) is 0 Å². The van der Waals surface area contributed by atoms with Crippen LogP contribution >= 0.6 is 0 Å². The van der Waals surface area contributed by atoms with E-state index < -0.39 is 0 Å². The standard InChI is InChI=1S/C12H24N6/c13-11(15-10-6-2-3-7-10)16-12(14)17-18-8-4-1-5-9-18/h10H,1-9H2,(H5,13,14,15,16,17). The molecule has 0 aromatic carbocycles. The van der Waals surface area contributed by atoms with Gasteiger partial charge in [-0.25, -0.2) is 5.01 Å². The van der Waals surface area contributed by atoms with Crippen LogP contribution in [-0.2, 0) is 0 Å². The molecule has 2 fully saturated rings. The lowest BCUT2D eigenvalue weighted by Gasteiger charge is -2.28. The van der Waals surface area contributed by atoms with Crippen LogP contribution in [0.3, 0.4) is 0 Å². The molecule has 0 amide bonds. The molecule has 6 heteroatoms. The van der Waals surface area contributed by atoms with Gasteiger partial charge in [-0.05, 0) is 25.7 Å². The second-order valence-corrected chi connectivity index (χ2v) is 5.16. The monoisotopic (exact) mass is 252 g/mol. The van der Waals surface area contributed by atoms with E-state index in [1.54, 1.807) is 0 Å². The summed E-state index contributed by atoms with van der Waals surface area (Å²) in [4.78, 5) is 0.